The molecule has 4 aliphatic rings. The van der Waals surface area contributed by atoms with E-state index in [0.29, 0.717) is 23.0 Å². The number of ketones is 1. The van der Waals surface area contributed by atoms with E-state index in [1.165, 1.54) is 31.3 Å². The molecule has 4 aliphatic carbocycles. The SMILES string of the molecule is C#C[C@@]1(SCC)CCC2C3C(CC[C@@]21C)C1CCC(=O)C=C1C[C@H]3C. The first-order valence-electron chi connectivity index (χ1n) is 10.3. The van der Waals surface area contributed by atoms with Crippen molar-refractivity contribution in [3.05, 3.63) is 11.6 Å². The summed E-state index contributed by atoms with van der Waals surface area (Å²) in [5.41, 5.74) is 1.78. The highest BCUT2D eigenvalue weighted by molar-refractivity contribution is 8.00. The molecule has 0 radical (unpaired) electrons. The Morgan fingerprint density at radius 2 is 2.12 bits per heavy atom. The minimum atomic E-state index is 0.0513. The summed E-state index contributed by atoms with van der Waals surface area (Å²) < 4.78 is 0.0513. The van der Waals surface area contributed by atoms with Crippen molar-refractivity contribution in [1.82, 2.24) is 0 Å². The van der Waals surface area contributed by atoms with Crippen LogP contribution in [0, 0.1) is 47.3 Å². The van der Waals surface area contributed by atoms with Gasteiger partial charge in [-0.2, -0.15) is 0 Å². The fourth-order valence-electron chi connectivity index (χ4n) is 7.35. The van der Waals surface area contributed by atoms with Crippen molar-refractivity contribution in [3.8, 4) is 12.3 Å². The summed E-state index contributed by atoms with van der Waals surface area (Å²) in [6, 6.07) is 0. The molecule has 3 saturated carbocycles. The highest BCUT2D eigenvalue weighted by Gasteiger charge is 2.63. The van der Waals surface area contributed by atoms with Gasteiger partial charge in [0.15, 0.2) is 5.78 Å². The van der Waals surface area contributed by atoms with Gasteiger partial charge in [0.05, 0.1) is 4.75 Å². The lowest BCUT2D eigenvalue weighted by Gasteiger charge is -2.57. The van der Waals surface area contributed by atoms with Crippen LogP contribution in [-0.4, -0.2) is 16.3 Å². The van der Waals surface area contributed by atoms with Crippen LogP contribution >= 0.6 is 11.8 Å². The molecule has 0 heterocycles. The molecule has 0 amide bonds. The summed E-state index contributed by atoms with van der Waals surface area (Å²) in [5, 5.41) is 0. The van der Waals surface area contributed by atoms with Gasteiger partial charge in [0.25, 0.3) is 0 Å². The maximum absolute atomic E-state index is 11.9. The molecule has 0 saturated heterocycles. The molecule has 0 aliphatic heterocycles. The fourth-order valence-corrected chi connectivity index (χ4v) is 8.77. The molecular weight excluding hydrogens is 324 g/mol. The van der Waals surface area contributed by atoms with Crippen LogP contribution in [0.25, 0.3) is 0 Å². The number of thioether (sulfide) groups is 1. The van der Waals surface area contributed by atoms with Gasteiger partial charge >= 0.3 is 0 Å². The first kappa shape index (κ1) is 17.7. The van der Waals surface area contributed by atoms with Crippen LogP contribution in [0.2, 0.25) is 0 Å². The number of hydrogen-bond donors (Lipinski definition) is 0. The smallest absolute Gasteiger partial charge is 0.155 e. The van der Waals surface area contributed by atoms with Gasteiger partial charge < -0.3 is 0 Å². The Morgan fingerprint density at radius 3 is 2.84 bits per heavy atom. The van der Waals surface area contributed by atoms with Crippen molar-refractivity contribution in [2.24, 2.45) is 35.0 Å². The lowest BCUT2D eigenvalue weighted by atomic mass is 9.49. The van der Waals surface area contributed by atoms with Gasteiger partial charge in [0.1, 0.15) is 0 Å². The number of allylic oxidation sites excluding steroid dienone is 1. The van der Waals surface area contributed by atoms with Gasteiger partial charge in [0, 0.05) is 6.42 Å². The van der Waals surface area contributed by atoms with E-state index >= 15 is 0 Å². The largest absolute Gasteiger partial charge is 0.295 e. The number of rotatable bonds is 2. The number of terminal acetylenes is 1. The third-order valence-electron chi connectivity index (χ3n) is 8.38. The summed E-state index contributed by atoms with van der Waals surface area (Å²) in [4.78, 5) is 11.9. The summed E-state index contributed by atoms with van der Waals surface area (Å²) in [6.07, 6.45) is 16.3. The Kier molecular flexibility index (Phi) is 4.39. The lowest BCUT2D eigenvalue weighted by Crippen LogP contribution is -2.53. The van der Waals surface area contributed by atoms with Crippen LogP contribution in [0.3, 0.4) is 0 Å². The molecule has 3 fully saturated rings. The normalized spacial score (nSPS) is 48.8. The Balaban J connectivity index is 1.68. The molecule has 0 N–H and O–H groups in total. The Labute approximate surface area is 157 Å². The van der Waals surface area contributed by atoms with E-state index in [1.807, 2.05) is 17.8 Å². The third kappa shape index (κ3) is 2.41. The topological polar surface area (TPSA) is 17.1 Å². The minimum Gasteiger partial charge on any atom is -0.295 e. The maximum Gasteiger partial charge on any atom is 0.155 e. The number of carbonyl (C=O) groups excluding carboxylic acids is 1. The number of fused-ring (bicyclic) bond motifs is 5. The second kappa shape index (κ2) is 6.19. The number of hydrogen-bond acceptors (Lipinski definition) is 2. The predicted octanol–water partition coefficient (Wildman–Crippen LogP) is 5.50. The van der Waals surface area contributed by atoms with Crippen molar-refractivity contribution < 1.29 is 4.79 Å². The van der Waals surface area contributed by atoms with Crippen LogP contribution in [0.15, 0.2) is 11.6 Å². The van der Waals surface area contributed by atoms with E-state index in [4.69, 9.17) is 6.42 Å². The van der Waals surface area contributed by atoms with Crippen LogP contribution in [0.1, 0.15) is 65.7 Å². The van der Waals surface area contributed by atoms with Crippen LogP contribution in [0.5, 0.6) is 0 Å². The Bertz CT molecular complexity index is 643. The van der Waals surface area contributed by atoms with E-state index in [2.05, 4.69) is 26.7 Å². The predicted molar refractivity (Wildman–Crippen MR) is 106 cm³/mol. The van der Waals surface area contributed by atoms with Crippen molar-refractivity contribution in [2.75, 3.05) is 5.75 Å². The average molecular weight is 357 g/mol. The van der Waals surface area contributed by atoms with Crippen molar-refractivity contribution in [3.63, 3.8) is 0 Å². The maximum atomic E-state index is 11.9. The van der Waals surface area contributed by atoms with Crippen LogP contribution in [-0.2, 0) is 4.79 Å². The summed E-state index contributed by atoms with van der Waals surface area (Å²) >= 11 is 2.04. The molecule has 25 heavy (non-hydrogen) atoms. The van der Waals surface area contributed by atoms with E-state index in [0.717, 1.165) is 42.8 Å². The molecule has 136 valence electrons. The zero-order chi connectivity index (χ0) is 17.8. The summed E-state index contributed by atoms with van der Waals surface area (Å²) in [6.45, 7) is 7.22. The van der Waals surface area contributed by atoms with Crippen molar-refractivity contribution in [1.29, 1.82) is 0 Å². The monoisotopic (exact) mass is 356 g/mol. The second-order valence-corrected chi connectivity index (χ2v) is 10.8. The van der Waals surface area contributed by atoms with Gasteiger partial charge in [-0.15, -0.1) is 18.2 Å². The zero-order valence-electron chi connectivity index (χ0n) is 16.0. The molecule has 0 spiro atoms. The van der Waals surface area contributed by atoms with Crippen molar-refractivity contribution in [2.45, 2.75) is 70.5 Å². The second-order valence-electron chi connectivity index (χ2n) is 9.26. The first-order chi connectivity index (χ1) is 12.0. The zero-order valence-corrected chi connectivity index (χ0v) is 16.8. The Morgan fingerprint density at radius 1 is 1.32 bits per heavy atom. The van der Waals surface area contributed by atoms with E-state index in [-0.39, 0.29) is 4.75 Å². The average Bonchev–Trinajstić information content (AvgIpc) is 2.88. The third-order valence-corrected chi connectivity index (χ3v) is 9.95. The molecule has 0 aromatic heterocycles. The molecule has 4 unspecified atom stereocenters. The molecule has 0 aromatic carbocycles. The molecule has 4 rings (SSSR count). The van der Waals surface area contributed by atoms with Crippen LogP contribution in [0.4, 0.5) is 0 Å². The molecule has 0 aromatic rings. The summed E-state index contributed by atoms with van der Waals surface area (Å²) in [5.74, 6) is 8.54. The standard InChI is InChI=1S/C23H32OS/c1-5-23(25-6-2)12-10-20-21-15(3)13-16-14-17(24)7-8-18(16)19(21)9-11-22(20,23)4/h1,14-15,18-21H,6-13H2,2-4H3/t15-,18?,19?,20?,21?,22+,23-/m1/s1. The first-order valence-corrected chi connectivity index (χ1v) is 11.3. The lowest BCUT2D eigenvalue weighted by molar-refractivity contribution is -0.116. The van der Waals surface area contributed by atoms with E-state index in [1.54, 1.807) is 0 Å². The Hall–Kier alpha value is -0.680. The molecule has 0 bridgehead atoms. The van der Waals surface area contributed by atoms with Gasteiger partial charge in [-0.3, -0.25) is 4.79 Å². The van der Waals surface area contributed by atoms with Gasteiger partial charge in [0.2, 0.25) is 0 Å². The van der Waals surface area contributed by atoms with Gasteiger partial charge in [-0.25, -0.2) is 0 Å². The van der Waals surface area contributed by atoms with Gasteiger partial charge in [-0.1, -0.05) is 32.3 Å². The summed E-state index contributed by atoms with van der Waals surface area (Å²) in [7, 11) is 0. The molecule has 1 nitrogen and oxygen atoms in total. The number of carbonyl (C=O) groups is 1. The highest BCUT2D eigenvalue weighted by atomic mass is 32.2. The quantitative estimate of drug-likeness (QED) is 0.608. The van der Waals surface area contributed by atoms with Gasteiger partial charge in [-0.05, 0) is 85.4 Å². The minimum absolute atomic E-state index is 0.0513. The van der Waals surface area contributed by atoms with E-state index < -0.39 is 0 Å². The molecule has 7 atom stereocenters. The fraction of sp³-hybridized carbons (Fsp3) is 0.783. The highest BCUT2D eigenvalue weighted by Crippen LogP contribution is 2.68. The molecule has 2 heteroatoms. The van der Waals surface area contributed by atoms with Crippen LogP contribution < -0.4 is 0 Å². The van der Waals surface area contributed by atoms with Crippen molar-refractivity contribution >= 4 is 17.5 Å². The molecular formula is C23H32OS. The van der Waals surface area contributed by atoms with E-state index in [9.17, 15) is 4.79 Å².